The summed E-state index contributed by atoms with van der Waals surface area (Å²) in [6.07, 6.45) is 0.585. The van der Waals surface area contributed by atoms with Crippen LogP contribution in [0.4, 0.5) is 0 Å². The van der Waals surface area contributed by atoms with Gasteiger partial charge in [-0.25, -0.2) is 0 Å². The molecule has 0 unspecified atom stereocenters. The van der Waals surface area contributed by atoms with Crippen LogP contribution in [0.3, 0.4) is 0 Å². The molecule has 1 heterocycles. The molecular weight excluding hydrogens is 323 g/mol. The minimum absolute atomic E-state index is 0.0180. The Labute approximate surface area is 105 Å². The third-order valence-electron chi connectivity index (χ3n) is 1.85. The molecule has 4 nitrogen and oxygen atoms in total. The van der Waals surface area contributed by atoms with Gasteiger partial charge in [-0.2, -0.15) is 0 Å². The molecule has 16 heavy (non-hydrogen) atoms. The van der Waals surface area contributed by atoms with Crippen molar-refractivity contribution in [2.24, 2.45) is 0 Å². The molecule has 0 atom stereocenters. The fourth-order valence-electron chi connectivity index (χ4n) is 1.13. The van der Waals surface area contributed by atoms with Crippen molar-refractivity contribution >= 4 is 28.9 Å². The number of benzene rings is 1. The smallest absolute Gasteiger partial charge is 0.290 e. The molecule has 0 saturated carbocycles. The Hall–Kier alpha value is -1.50. The molecular formula is C11H7IO4. The van der Waals surface area contributed by atoms with Gasteiger partial charge in [0.25, 0.3) is 5.95 Å². The van der Waals surface area contributed by atoms with Crippen molar-refractivity contribution in [1.29, 1.82) is 0 Å². The van der Waals surface area contributed by atoms with E-state index in [1.54, 1.807) is 12.1 Å². The monoisotopic (exact) mass is 330 g/mol. The third kappa shape index (κ3) is 2.35. The van der Waals surface area contributed by atoms with E-state index in [-0.39, 0.29) is 17.5 Å². The largest absolute Gasteiger partial charge is 0.504 e. The van der Waals surface area contributed by atoms with E-state index in [0.717, 1.165) is 3.57 Å². The molecule has 1 N–H and O–H groups in total. The maximum Gasteiger partial charge on any atom is 0.290 e. The van der Waals surface area contributed by atoms with Crippen LogP contribution in [0.1, 0.15) is 10.6 Å². The van der Waals surface area contributed by atoms with Crippen molar-refractivity contribution in [1.82, 2.24) is 0 Å². The number of hydrogen-bond acceptors (Lipinski definition) is 4. The fourth-order valence-corrected chi connectivity index (χ4v) is 1.59. The van der Waals surface area contributed by atoms with E-state index in [1.807, 2.05) is 0 Å². The molecule has 1 aromatic carbocycles. The van der Waals surface area contributed by atoms with Gasteiger partial charge in [0.15, 0.2) is 23.5 Å². The first-order valence-corrected chi connectivity index (χ1v) is 5.48. The first-order valence-electron chi connectivity index (χ1n) is 4.40. The van der Waals surface area contributed by atoms with Crippen molar-refractivity contribution in [3.05, 3.63) is 39.7 Å². The van der Waals surface area contributed by atoms with Crippen LogP contribution in [0.25, 0.3) is 0 Å². The lowest BCUT2D eigenvalue weighted by molar-refractivity contribution is 0.109. The number of furan rings is 1. The zero-order chi connectivity index (χ0) is 11.5. The van der Waals surface area contributed by atoms with Crippen LogP contribution in [0.15, 0.2) is 34.7 Å². The van der Waals surface area contributed by atoms with E-state index in [4.69, 9.17) is 9.15 Å². The van der Waals surface area contributed by atoms with E-state index in [0.29, 0.717) is 12.0 Å². The maximum atomic E-state index is 10.4. The van der Waals surface area contributed by atoms with Crippen molar-refractivity contribution in [3.63, 3.8) is 0 Å². The van der Waals surface area contributed by atoms with Gasteiger partial charge in [-0.3, -0.25) is 4.79 Å². The minimum atomic E-state index is 0.0180. The summed E-state index contributed by atoms with van der Waals surface area (Å²) in [4.78, 5) is 10.4. The second kappa shape index (κ2) is 4.56. The molecule has 0 radical (unpaired) electrons. The highest BCUT2D eigenvalue weighted by Gasteiger charge is 2.07. The van der Waals surface area contributed by atoms with Crippen LogP contribution in [0.2, 0.25) is 0 Å². The summed E-state index contributed by atoms with van der Waals surface area (Å²) in [6, 6.07) is 7.96. The lowest BCUT2D eigenvalue weighted by atomic mass is 10.3. The molecule has 0 amide bonds. The number of aromatic hydroxyl groups is 1. The van der Waals surface area contributed by atoms with Gasteiger partial charge in [0.05, 0.1) is 0 Å². The Balaban J connectivity index is 2.26. The van der Waals surface area contributed by atoms with Crippen LogP contribution >= 0.6 is 22.6 Å². The number of phenolic OH excluding ortho intramolecular Hbond substituents is 1. The minimum Gasteiger partial charge on any atom is -0.504 e. The summed E-state index contributed by atoms with van der Waals surface area (Å²) >= 11 is 2.10. The highest BCUT2D eigenvalue weighted by Crippen LogP contribution is 2.32. The topological polar surface area (TPSA) is 59.7 Å². The summed E-state index contributed by atoms with van der Waals surface area (Å²) < 4.78 is 11.2. The Kier molecular flexibility index (Phi) is 3.14. The predicted octanol–water partition coefficient (Wildman–Crippen LogP) is 3.19. The fraction of sp³-hybridized carbons (Fsp3) is 0. The summed E-state index contributed by atoms with van der Waals surface area (Å²) in [6.45, 7) is 0. The van der Waals surface area contributed by atoms with Gasteiger partial charge in [0.2, 0.25) is 0 Å². The molecule has 82 valence electrons. The number of carbonyl (C=O) groups excluding carboxylic acids is 1. The number of halogens is 1. The summed E-state index contributed by atoms with van der Waals surface area (Å²) in [5.74, 6) is 0.655. The van der Waals surface area contributed by atoms with Crippen molar-refractivity contribution in [2.45, 2.75) is 0 Å². The van der Waals surface area contributed by atoms with Crippen LogP contribution in [0.5, 0.6) is 17.4 Å². The van der Waals surface area contributed by atoms with Crippen LogP contribution in [-0.4, -0.2) is 11.4 Å². The standard InChI is InChI=1S/C11H7IO4/c12-7-1-3-9(14)10(5-7)16-11-4-2-8(6-13)15-11/h1-6,14H. The molecule has 0 spiro atoms. The summed E-state index contributed by atoms with van der Waals surface area (Å²) in [5.41, 5.74) is 0. The average Bonchev–Trinajstić information content (AvgIpc) is 2.71. The first-order chi connectivity index (χ1) is 7.69. The van der Waals surface area contributed by atoms with Crippen molar-refractivity contribution < 1.29 is 19.1 Å². The van der Waals surface area contributed by atoms with Gasteiger partial charge in [-0.15, -0.1) is 0 Å². The quantitative estimate of drug-likeness (QED) is 0.694. The van der Waals surface area contributed by atoms with Gasteiger partial charge in [0.1, 0.15) is 0 Å². The molecule has 0 saturated heterocycles. The molecule has 2 aromatic rings. The zero-order valence-corrected chi connectivity index (χ0v) is 10.2. The van der Waals surface area contributed by atoms with E-state index in [9.17, 15) is 9.90 Å². The third-order valence-corrected chi connectivity index (χ3v) is 2.52. The number of hydrogen-bond donors (Lipinski definition) is 1. The molecule has 0 fully saturated rings. The van der Waals surface area contributed by atoms with Gasteiger partial charge in [-0.05, 0) is 46.9 Å². The maximum absolute atomic E-state index is 10.4. The zero-order valence-electron chi connectivity index (χ0n) is 8.01. The second-order valence-corrected chi connectivity index (χ2v) is 4.23. The number of phenols is 1. The van der Waals surface area contributed by atoms with Gasteiger partial charge in [0, 0.05) is 9.64 Å². The normalized spacial score (nSPS) is 10.1. The van der Waals surface area contributed by atoms with Crippen molar-refractivity contribution in [3.8, 4) is 17.4 Å². The lowest BCUT2D eigenvalue weighted by Crippen LogP contribution is -1.83. The Morgan fingerprint density at radius 1 is 1.31 bits per heavy atom. The van der Waals surface area contributed by atoms with Crippen LogP contribution < -0.4 is 4.74 Å². The molecule has 0 aliphatic rings. The molecule has 5 heteroatoms. The van der Waals surface area contributed by atoms with E-state index in [2.05, 4.69) is 22.6 Å². The lowest BCUT2D eigenvalue weighted by Gasteiger charge is -2.04. The second-order valence-electron chi connectivity index (χ2n) is 2.99. The van der Waals surface area contributed by atoms with Crippen LogP contribution in [-0.2, 0) is 0 Å². The predicted molar refractivity (Wildman–Crippen MR) is 65.0 cm³/mol. The van der Waals surface area contributed by atoms with E-state index >= 15 is 0 Å². The number of ether oxygens (including phenoxy) is 1. The van der Waals surface area contributed by atoms with Gasteiger partial charge < -0.3 is 14.3 Å². The molecule has 0 aliphatic carbocycles. The van der Waals surface area contributed by atoms with Crippen LogP contribution in [0, 0.1) is 3.57 Å². The highest BCUT2D eigenvalue weighted by molar-refractivity contribution is 14.1. The Morgan fingerprint density at radius 2 is 2.12 bits per heavy atom. The molecule has 2 rings (SSSR count). The van der Waals surface area contributed by atoms with E-state index < -0.39 is 0 Å². The molecule has 1 aromatic heterocycles. The Morgan fingerprint density at radius 3 is 2.81 bits per heavy atom. The first kappa shape index (κ1) is 11.0. The number of rotatable bonds is 3. The molecule has 0 aliphatic heterocycles. The van der Waals surface area contributed by atoms with Crippen molar-refractivity contribution in [2.75, 3.05) is 0 Å². The number of aldehydes is 1. The average molecular weight is 330 g/mol. The van der Waals surface area contributed by atoms with E-state index in [1.165, 1.54) is 18.2 Å². The van der Waals surface area contributed by atoms with Gasteiger partial charge in [-0.1, -0.05) is 0 Å². The summed E-state index contributed by atoms with van der Waals surface area (Å²) in [5, 5.41) is 9.52. The summed E-state index contributed by atoms with van der Waals surface area (Å²) in [7, 11) is 0. The number of carbonyl (C=O) groups is 1. The van der Waals surface area contributed by atoms with Gasteiger partial charge >= 0.3 is 0 Å². The SMILES string of the molecule is O=Cc1ccc(Oc2cc(I)ccc2O)o1. The Bertz CT molecular complexity index is 518. The molecule has 0 bridgehead atoms. The highest BCUT2D eigenvalue weighted by atomic mass is 127.